The summed E-state index contributed by atoms with van der Waals surface area (Å²) in [7, 11) is 0. The summed E-state index contributed by atoms with van der Waals surface area (Å²) in [5.74, 6) is 0.794. The van der Waals surface area contributed by atoms with Crippen molar-refractivity contribution in [3.05, 3.63) is 23.9 Å². The van der Waals surface area contributed by atoms with Crippen molar-refractivity contribution >= 4 is 23.0 Å². The molecular formula is C10H15N3S. The maximum Gasteiger partial charge on any atom is 0.127 e. The predicted octanol–water partition coefficient (Wildman–Crippen LogP) is 1.93. The second-order valence-corrected chi connectivity index (χ2v) is 4.59. The highest BCUT2D eigenvalue weighted by Crippen LogP contribution is 2.12. The normalized spacial score (nSPS) is 11.1. The van der Waals surface area contributed by atoms with Crippen molar-refractivity contribution in [1.29, 1.82) is 0 Å². The molecule has 0 aromatic carbocycles. The Bertz CT molecular complexity index is 341. The molecule has 14 heavy (non-hydrogen) atoms. The minimum absolute atomic E-state index is 0.0121. The van der Waals surface area contributed by atoms with Gasteiger partial charge in [0.1, 0.15) is 10.8 Å². The number of nitrogens with one attached hydrogen (secondary N) is 1. The number of hydrogen-bond donors (Lipinski definition) is 2. The van der Waals surface area contributed by atoms with Gasteiger partial charge in [0.25, 0.3) is 0 Å². The molecule has 0 saturated carbocycles. The molecule has 1 rings (SSSR count). The summed E-state index contributed by atoms with van der Waals surface area (Å²) in [6, 6.07) is 5.58. The van der Waals surface area contributed by atoms with E-state index in [2.05, 4.69) is 31.1 Å². The van der Waals surface area contributed by atoms with Crippen molar-refractivity contribution < 1.29 is 0 Å². The quantitative estimate of drug-likeness (QED) is 0.731. The van der Waals surface area contributed by atoms with Crippen molar-refractivity contribution in [2.45, 2.75) is 26.3 Å². The summed E-state index contributed by atoms with van der Waals surface area (Å²) < 4.78 is 0. The number of anilines is 1. The van der Waals surface area contributed by atoms with E-state index in [0.29, 0.717) is 10.7 Å². The Labute approximate surface area is 89.7 Å². The summed E-state index contributed by atoms with van der Waals surface area (Å²) in [6.45, 7) is 6.21. The van der Waals surface area contributed by atoms with E-state index >= 15 is 0 Å². The van der Waals surface area contributed by atoms with Gasteiger partial charge in [0, 0.05) is 5.54 Å². The van der Waals surface area contributed by atoms with Crippen molar-refractivity contribution in [2.75, 3.05) is 5.32 Å². The maximum absolute atomic E-state index is 5.49. The smallest absolute Gasteiger partial charge is 0.127 e. The molecule has 0 aliphatic rings. The maximum atomic E-state index is 5.49. The van der Waals surface area contributed by atoms with Gasteiger partial charge in [-0.15, -0.1) is 0 Å². The first-order chi connectivity index (χ1) is 6.38. The van der Waals surface area contributed by atoms with Crippen molar-refractivity contribution in [1.82, 2.24) is 4.98 Å². The molecule has 0 spiro atoms. The number of nitrogens with zero attached hydrogens (tertiary/aromatic N) is 1. The van der Waals surface area contributed by atoms with E-state index < -0.39 is 0 Å². The topological polar surface area (TPSA) is 50.9 Å². The molecule has 76 valence electrons. The molecule has 0 amide bonds. The lowest BCUT2D eigenvalue weighted by atomic mass is 10.1. The first-order valence-corrected chi connectivity index (χ1v) is 4.84. The Kier molecular flexibility index (Phi) is 3.06. The second-order valence-electron chi connectivity index (χ2n) is 4.15. The van der Waals surface area contributed by atoms with E-state index in [4.69, 9.17) is 18.0 Å². The molecule has 1 aromatic heterocycles. The molecule has 0 bridgehead atoms. The third-order valence-electron chi connectivity index (χ3n) is 1.50. The van der Waals surface area contributed by atoms with Crippen LogP contribution in [-0.2, 0) is 0 Å². The summed E-state index contributed by atoms with van der Waals surface area (Å²) in [6.07, 6.45) is 0. The van der Waals surface area contributed by atoms with Crippen LogP contribution in [0.3, 0.4) is 0 Å². The van der Waals surface area contributed by atoms with Gasteiger partial charge in [-0.3, -0.25) is 0 Å². The molecular weight excluding hydrogens is 194 g/mol. The molecule has 0 saturated heterocycles. The zero-order chi connectivity index (χ0) is 10.8. The molecule has 4 heteroatoms. The first-order valence-electron chi connectivity index (χ1n) is 4.43. The fourth-order valence-electron chi connectivity index (χ4n) is 1.03. The van der Waals surface area contributed by atoms with Crippen LogP contribution >= 0.6 is 12.2 Å². The third kappa shape index (κ3) is 3.30. The molecule has 1 heterocycles. The van der Waals surface area contributed by atoms with Crippen LogP contribution in [0.5, 0.6) is 0 Å². The Balaban J connectivity index is 2.89. The highest BCUT2D eigenvalue weighted by molar-refractivity contribution is 7.80. The van der Waals surface area contributed by atoms with E-state index in [9.17, 15) is 0 Å². The van der Waals surface area contributed by atoms with Gasteiger partial charge in [-0.1, -0.05) is 18.3 Å². The number of aromatic nitrogens is 1. The monoisotopic (exact) mass is 209 g/mol. The van der Waals surface area contributed by atoms with Gasteiger partial charge < -0.3 is 11.1 Å². The summed E-state index contributed by atoms with van der Waals surface area (Å²) in [4.78, 5) is 4.60. The number of thiocarbonyl (C=S) groups is 1. The van der Waals surface area contributed by atoms with Crippen LogP contribution in [0.15, 0.2) is 18.2 Å². The van der Waals surface area contributed by atoms with Gasteiger partial charge in [-0.25, -0.2) is 4.98 Å². The van der Waals surface area contributed by atoms with Crippen LogP contribution in [0.25, 0.3) is 0 Å². The van der Waals surface area contributed by atoms with Gasteiger partial charge >= 0.3 is 0 Å². The molecule has 0 atom stereocenters. The average Bonchev–Trinajstić information content (AvgIpc) is 2.01. The zero-order valence-corrected chi connectivity index (χ0v) is 9.48. The molecule has 0 radical (unpaired) electrons. The van der Waals surface area contributed by atoms with Gasteiger partial charge in [-0.05, 0) is 32.9 Å². The fourth-order valence-corrected chi connectivity index (χ4v) is 1.14. The minimum Gasteiger partial charge on any atom is -0.388 e. The summed E-state index contributed by atoms with van der Waals surface area (Å²) in [5.41, 5.74) is 6.12. The number of hydrogen-bond acceptors (Lipinski definition) is 3. The summed E-state index contributed by atoms with van der Waals surface area (Å²) in [5, 5.41) is 3.25. The van der Waals surface area contributed by atoms with E-state index in [-0.39, 0.29) is 5.54 Å². The Morgan fingerprint density at radius 2 is 2.07 bits per heavy atom. The third-order valence-corrected chi connectivity index (χ3v) is 1.71. The lowest BCUT2D eigenvalue weighted by Gasteiger charge is -2.21. The molecule has 0 unspecified atom stereocenters. The van der Waals surface area contributed by atoms with E-state index in [1.807, 2.05) is 12.1 Å². The van der Waals surface area contributed by atoms with E-state index in [1.54, 1.807) is 6.07 Å². The fraction of sp³-hybridized carbons (Fsp3) is 0.400. The highest BCUT2D eigenvalue weighted by atomic mass is 32.1. The van der Waals surface area contributed by atoms with Crippen LogP contribution in [0.4, 0.5) is 5.82 Å². The lowest BCUT2D eigenvalue weighted by Crippen LogP contribution is -2.27. The Morgan fingerprint density at radius 3 is 2.57 bits per heavy atom. The SMILES string of the molecule is CC(C)(C)Nc1cccc(C(N)=S)n1. The Morgan fingerprint density at radius 1 is 1.43 bits per heavy atom. The molecule has 0 aliphatic heterocycles. The van der Waals surface area contributed by atoms with Crippen LogP contribution in [-0.4, -0.2) is 15.5 Å². The van der Waals surface area contributed by atoms with Gasteiger partial charge in [0.15, 0.2) is 0 Å². The number of pyridine rings is 1. The number of rotatable bonds is 2. The van der Waals surface area contributed by atoms with Crippen LogP contribution in [0.1, 0.15) is 26.5 Å². The predicted molar refractivity (Wildman–Crippen MR) is 63.5 cm³/mol. The average molecular weight is 209 g/mol. The largest absolute Gasteiger partial charge is 0.388 e. The summed E-state index contributed by atoms with van der Waals surface area (Å²) >= 11 is 4.85. The van der Waals surface area contributed by atoms with Gasteiger partial charge in [0.2, 0.25) is 0 Å². The van der Waals surface area contributed by atoms with Crippen molar-refractivity contribution in [3.8, 4) is 0 Å². The van der Waals surface area contributed by atoms with Crippen molar-refractivity contribution in [3.63, 3.8) is 0 Å². The van der Waals surface area contributed by atoms with Crippen molar-refractivity contribution in [2.24, 2.45) is 5.73 Å². The Hall–Kier alpha value is -1.16. The van der Waals surface area contributed by atoms with E-state index in [1.165, 1.54) is 0 Å². The molecule has 0 aliphatic carbocycles. The molecule has 0 fully saturated rings. The van der Waals surface area contributed by atoms with Crippen LogP contribution in [0, 0.1) is 0 Å². The van der Waals surface area contributed by atoms with Crippen LogP contribution in [0.2, 0.25) is 0 Å². The van der Waals surface area contributed by atoms with Crippen LogP contribution < -0.4 is 11.1 Å². The van der Waals surface area contributed by atoms with Gasteiger partial charge in [0.05, 0.1) is 5.69 Å². The molecule has 1 aromatic rings. The minimum atomic E-state index is -0.0121. The first kappa shape index (κ1) is 10.9. The zero-order valence-electron chi connectivity index (χ0n) is 8.66. The highest BCUT2D eigenvalue weighted by Gasteiger charge is 2.10. The number of nitrogens with two attached hydrogens (primary N) is 1. The lowest BCUT2D eigenvalue weighted by molar-refractivity contribution is 0.630. The molecule has 3 N–H and O–H groups in total. The van der Waals surface area contributed by atoms with E-state index in [0.717, 1.165) is 5.82 Å². The van der Waals surface area contributed by atoms with Gasteiger partial charge in [-0.2, -0.15) is 0 Å². The second kappa shape index (κ2) is 3.92. The standard InChI is InChI=1S/C10H15N3S/c1-10(2,3)13-8-6-4-5-7(12-8)9(11)14/h4-6H,1-3H3,(H2,11,14)(H,12,13). The molecule has 3 nitrogen and oxygen atoms in total.